The predicted octanol–water partition coefficient (Wildman–Crippen LogP) is 4.13. The van der Waals surface area contributed by atoms with Gasteiger partial charge in [0.1, 0.15) is 0 Å². The molecular weight excluding hydrogens is 283 g/mol. The Bertz CT molecular complexity index is 673. The third-order valence-electron chi connectivity index (χ3n) is 2.62. The molecule has 0 atom stereocenters. The third-order valence-corrected chi connectivity index (χ3v) is 3.11. The SMILES string of the molecule is Fc1ccc(-c2cc3cc(Br)ccc3[nH]2)cn1. The average molecular weight is 291 g/mol. The third kappa shape index (κ3) is 1.96. The molecule has 0 radical (unpaired) electrons. The number of aromatic nitrogens is 2. The molecule has 0 saturated heterocycles. The maximum absolute atomic E-state index is 12.7. The Kier molecular flexibility index (Phi) is 2.44. The fraction of sp³-hybridized carbons (Fsp3) is 0. The van der Waals surface area contributed by atoms with Crippen LogP contribution in [0.1, 0.15) is 0 Å². The van der Waals surface area contributed by atoms with Crippen LogP contribution in [0.2, 0.25) is 0 Å². The van der Waals surface area contributed by atoms with E-state index in [1.54, 1.807) is 6.07 Å². The summed E-state index contributed by atoms with van der Waals surface area (Å²) >= 11 is 3.43. The van der Waals surface area contributed by atoms with E-state index < -0.39 is 5.95 Å². The number of benzene rings is 1. The van der Waals surface area contributed by atoms with Crippen LogP contribution in [-0.2, 0) is 0 Å². The molecule has 0 unspecified atom stereocenters. The van der Waals surface area contributed by atoms with Gasteiger partial charge in [0, 0.05) is 32.8 Å². The molecule has 3 rings (SSSR count). The molecule has 2 nitrogen and oxygen atoms in total. The predicted molar refractivity (Wildman–Crippen MR) is 69.2 cm³/mol. The first kappa shape index (κ1) is 10.5. The van der Waals surface area contributed by atoms with Crippen LogP contribution in [-0.4, -0.2) is 9.97 Å². The van der Waals surface area contributed by atoms with Crippen LogP contribution in [0.3, 0.4) is 0 Å². The standard InChI is InChI=1S/C13H8BrFN2/c14-10-2-3-11-9(5-10)6-12(17-11)8-1-4-13(15)16-7-8/h1-7,17H. The van der Waals surface area contributed by atoms with Crippen LogP contribution in [0.15, 0.2) is 47.1 Å². The number of nitrogens with one attached hydrogen (secondary N) is 1. The van der Waals surface area contributed by atoms with Crippen LogP contribution in [0.4, 0.5) is 4.39 Å². The van der Waals surface area contributed by atoms with Gasteiger partial charge in [-0.1, -0.05) is 15.9 Å². The van der Waals surface area contributed by atoms with E-state index in [9.17, 15) is 4.39 Å². The minimum absolute atomic E-state index is 0.465. The second-order valence-electron chi connectivity index (χ2n) is 3.78. The van der Waals surface area contributed by atoms with E-state index in [-0.39, 0.29) is 0 Å². The molecule has 1 aromatic carbocycles. The molecule has 1 N–H and O–H groups in total. The summed E-state index contributed by atoms with van der Waals surface area (Å²) in [6.07, 6.45) is 1.52. The van der Waals surface area contributed by atoms with Gasteiger partial charge in [0.2, 0.25) is 5.95 Å². The van der Waals surface area contributed by atoms with E-state index in [0.29, 0.717) is 0 Å². The van der Waals surface area contributed by atoms with Crippen LogP contribution < -0.4 is 0 Å². The van der Waals surface area contributed by atoms with E-state index >= 15 is 0 Å². The summed E-state index contributed by atoms with van der Waals surface area (Å²) in [5.41, 5.74) is 2.86. The van der Waals surface area contributed by atoms with Crippen molar-refractivity contribution in [2.45, 2.75) is 0 Å². The molecule has 0 fully saturated rings. The highest BCUT2D eigenvalue weighted by Crippen LogP contribution is 2.25. The van der Waals surface area contributed by atoms with Crippen LogP contribution in [0, 0.1) is 5.95 Å². The second kappa shape index (κ2) is 3.96. The van der Waals surface area contributed by atoms with Crippen molar-refractivity contribution in [1.82, 2.24) is 9.97 Å². The van der Waals surface area contributed by atoms with Crippen molar-refractivity contribution in [2.75, 3.05) is 0 Å². The number of pyridine rings is 1. The highest BCUT2D eigenvalue weighted by molar-refractivity contribution is 9.10. The second-order valence-corrected chi connectivity index (χ2v) is 4.70. The van der Waals surface area contributed by atoms with Crippen LogP contribution >= 0.6 is 15.9 Å². The Morgan fingerprint density at radius 1 is 1.12 bits per heavy atom. The molecule has 0 spiro atoms. The van der Waals surface area contributed by atoms with Crippen molar-refractivity contribution < 1.29 is 4.39 Å². The summed E-state index contributed by atoms with van der Waals surface area (Å²) in [5.74, 6) is -0.465. The fourth-order valence-corrected chi connectivity index (χ4v) is 2.17. The van der Waals surface area contributed by atoms with Crippen molar-refractivity contribution in [3.8, 4) is 11.3 Å². The number of H-pyrrole nitrogens is 1. The van der Waals surface area contributed by atoms with Crippen molar-refractivity contribution in [3.05, 3.63) is 53.0 Å². The molecule has 4 heteroatoms. The van der Waals surface area contributed by atoms with E-state index in [1.807, 2.05) is 24.3 Å². The van der Waals surface area contributed by atoms with E-state index in [2.05, 4.69) is 25.9 Å². The number of hydrogen-bond acceptors (Lipinski definition) is 1. The number of nitrogens with zero attached hydrogens (tertiary/aromatic N) is 1. The maximum Gasteiger partial charge on any atom is 0.212 e. The number of halogens is 2. The Labute approximate surface area is 106 Å². The molecule has 0 bridgehead atoms. The summed E-state index contributed by atoms with van der Waals surface area (Å²) in [6.45, 7) is 0. The summed E-state index contributed by atoms with van der Waals surface area (Å²) in [7, 11) is 0. The number of aromatic amines is 1. The van der Waals surface area contributed by atoms with Gasteiger partial charge in [0.05, 0.1) is 0 Å². The minimum Gasteiger partial charge on any atom is -0.354 e. The normalized spacial score (nSPS) is 10.9. The zero-order chi connectivity index (χ0) is 11.8. The Morgan fingerprint density at radius 3 is 2.76 bits per heavy atom. The summed E-state index contributed by atoms with van der Waals surface area (Å²) in [5, 5.41) is 1.11. The highest BCUT2D eigenvalue weighted by Gasteiger charge is 2.04. The van der Waals surface area contributed by atoms with Gasteiger partial charge in [-0.3, -0.25) is 0 Å². The molecule has 2 heterocycles. The molecule has 3 aromatic rings. The first-order valence-electron chi connectivity index (χ1n) is 5.12. The first-order valence-corrected chi connectivity index (χ1v) is 5.92. The van der Waals surface area contributed by atoms with Crippen molar-refractivity contribution in [3.63, 3.8) is 0 Å². The maximum atomic E-state index is 12.7. The number of fused-ring (bicyclic) bond motifs is 1. The van der Waals surface area contributed by atoms with Gasteiger partial charge >= 0.3 is 0 Å². The molecule has 0 aliphatic heterocycles. The molecule has 2 aromatic heterocycles. The lowest BCUT2D eigenvalue weighted by Gasteiger charge is -1.95. The zero-order valence-corrected chi connectivity index (χ0v) is 10.3. The first-order chi connectivity index (χ1) is 8.22. The topological polar surface area (TPSA) is 28.7 Å². The molecule has 17 heavy (non-hydrogen) atoms. The van der Waals surface area contributed by atoms with Gasteiger partial charge in [-0.25, -0.2) is 4.98 Å². The monoisotopic (exact) mass is 290 g/mol. The van der Waals surface area contributed by atoms with Gasteiger partial charge in [0.15, 0.2) is 0 Å². The van der Waals surface area contributed by atoms with E-state index in [1.165, 1.54) is 12.3 Å². The van der Waals surface area contributed by atoms with Crippen molar-refractivity contribution in [1.29, 1.82) is 0 Å². The smallest absolute Gasteiger partial charge is 0.212 e. The molecule has 0 saturated carbocycles. The Balaban J connectivity index is 2.14. The molecule has 84 valence electrons. The summed E-state index contributed by atoms with van der Waals surface area (Å²) in [4.78, 5) is 6.92. The van der Waals surface area contributed by atoms with E-state index in [0.717, 1.165) is 26.6 Å². The lowest BCUT2D eigenvalue weighted by Crippen LogP contribution is -1.83. The van der Waals surface area contributed by atoms with Crippen molar-refractivity contribution in [2.24, 2.45) is 0 Å². The Morgan fingerprint density at radius 2 is 2.00 bits per heavy atom. The molecule has 0 aliphatic carbocycles. The van der Waals surface area contributed by atoms with Crippen LogP contribution in [0.5, 0.6) is 0 Å². The van der Waals surface area contributed by atoms with Gasteiger partial charge < -0.3 is 4.98 Å². The van der Waals surface area contributed by atoms with Gasteiger partial charge in [-0.2, -0.15) is 4.39 Å². The minimum atomic E-state index is -0.465. The summed E-state index contributed by atoms with van der Waals surface area (Å²) in [6, 6.07) is 11.1. The van der Waals surface area contributed by atoms with Crippen LogP contribution in [0.25, 0.3) is 22.2 Å². The lowest BCUT2D eigenvalue weighted by atomic mass is 10.2. The van der Waals surface area contributed by atoms with Gasteiger partial charge in [-0.15, -0.1) is 0 Å². The molecule has 0 amide bonds. The average Bonchev–Trinajstić information content (AvgIpc) is 2.72. The number of rotatable bonds is 1. The molecular formula is C13H8BrFN2. The Hall–Kier alpha value is -1.68. The van der Waals surface area contributed by atoms with E-state index in [4.69, 9.17) is 0 Å². The largest absolute Gasteiger partial charge is 0.354 e. The molecule has 0 aliphatic rings. The van der Waals surface area contributed by atoms with Gasteiger partial charge in [0.25, 0.3) is 0 Å². The fourth-order valence-electron chi connectivity index (χ4n) is 1.79. The van der Waals surface area contributed by atoms with Gasteiger partial charge in [-0.05, 0) is 36.4 Å². The zero-order valence-electron chi connectivity index (χ0n) is 8.74. The number of hydrogen-bond donors (Lipinski definition) is 1. The quantitative estimate of drug-likeness (QED) is 0.671. The summed E-state index contributed by atoms with van der Waals surface area (Å²) < 4.78 is 13.8. The highest BCUT2D eigenvalue weighted by atomic mass is 79.9. The lowest BCUT2D eigenvalue weighted by molar-refractivity contribution is 0.584. The van der Waals surface area contributed by atoms with Crippen molar-refractivity contribution >= 4 is 26.8 Å².